The number of nitrogens with zero attached hydrogens (tertiary/aromatic N) is 2. The summed E-state index contributed by atoms with van der Waals surface area (Å²) < 4.78 is 7.82. The van der Waals surface area contributed by atoms with Gasteiger partial charge in [0.25, 0.3) is 5.91 Å². The van der Waals surface area contributed by atoms with Gasteiger partial charge in [-0.2, -0.15) is 0 Å². The number of hydrogen-bond acceptors (Lipinski definition) is 2. The fourth-order valence-electron chi connectivity index (χ4n) is 5.74. The van der Waals surface area contributed by atoms with Crippen molar-refractivity contribution in [3.05, 3.63) is 125 Å². The lowest BCUT2D eigenvalue weighted by Gasteiger charge is -2.32. The van der Waals surface area contributed by atoms with Gasteiger partial charge in [-0.05, 0) is 42.3 Å². The minimum Gasteiger partial charge on any atom is -0.497 e. The van der Waals surface area contributed by atoms with Crippen LogP contribution in [0.25, 0.3) is 22.2 Å². The highest BCUT2D eigenvalue weighted by Gasteiger charge is 2.43. The lowest BCUT2D eigenvalue weighted by molar-refractivity contribution is 0.0678. The lowest BCUT2D eigenvalue weighted by atomic mass is 9.92. The van der Waals surface area contributed by atoms with E-state index in [-0.39, 0.29) is 18.0 Å². The van der Waals surface area contributed by atoms with Crippen LogP contribution in [0.3, 0.4) is 0 Å². The van der Waals surface area contributed by atoms with E-state index >= 15 is 0 Å². The van der Waals surface area contributed by atoms with Crippen LogP contribution in [0.2, 0.25) is 0 Å². The molecule has 0 saturated carbocycles. The van der Waals surface area contributed by atoms with E-state index in [1.54, 1.807) is 7.11 Å². The number of benzene rings is 4. The minimum atomic E-state index is -0.226. The molecule has 1 aliphatic heterocycles. The molecule has 0 radical (unpaired) electrons. The molecule has 4 nitrogen and oxygen atoms in total. The van der Waals surface area contributed by atoms with E-state index in [1.165, 1.54) is 0 Å². The van der Waals surface area contributed by atoms with Crippen molar-refractivity contribution >= 4 is 16.8 Å². The first kappa shape index (κ1) is 22.2. The number of hydrogen-bond donors (Lipinski definition) is 0. The molecule has 0 fully saturated rings. The maximum absolute atomic E-state index is 14.0. The second-order valence-corrected chi connectivity index (χ2v) is 9.36. The highest BCUT2D eigenvalue weighted by atomic mass is 16.5. The van der Waals surface area contributed by atoms with Gasteiger partial charge in [-0.15, -0.1) is 0 Å². The molecule has 0 N–H and O–H groups in total. The number of aryl methyl sites for hydroxylation is 1. The van der Waals surface area contributed by atoms with Crippen LogP contribution in [0.5, 0.6) is 5.75 Å². The third kappa shape index (κ3) is 3.33. The summed E-state index contributed by atoms with van der Waals surface area (Å²) >= 11 is 0. The molecule has 36 heavy (non-hydrogen) atoms. The molecule has 0 bridgehead atoms. The Morgan fingerprint density at radius 2 is 1.56 bits per heavy atom. The Kier molecular flexibility index (Phi) is 5.37. The number of aromatic nitrogens is 1. The molecule has 0 aliphatic carbocycles. The summed E-state index contributed by atoms with van der Waals surface area (Å²) in [6.45, 7) is 2.13. The first-order chi connectivity index (χ1) is 17.6. The first-order valence-corrected chi connectivity index (χ1v) is 12.3. The van der Waals surface area contributed by atoms with E-state index in [2.05, 4.69) is 78.0 Å². The van der Waals surface area contributed by atoms with Gasteiger partial charge in [0.05, 0.1) is 24.9 Å². The maximum Gasteiger partial charge on any atom is 0.255 e. The fraction of sp³-hybridized carbons (Fsp3) is 0.156. The van der Waals surface area contributed by atoms with Crippen molar-refractivity contribution < 1.29 is 9.53 Å². The zero-order valence-electron chi connectivity index (χ0n) is 20.7. The van der Waals surface area contributed by atoms with Gasteiger partial charge in [0.15, 0.2) is 0 Å². The number of methoxy groups -OCH3 is 1. The number of ether oxygens (including phenoxy) is 1. The summed E-state index contributed by atoms with van der Waals surface area (Å²) in [6.07, 6.45) is 0. The Balaban J connectivity index is 1.66. The zero-order chi connectivity index (χ0) is 24.8. The Bertz CT molecular complexity index is 1580. The van der Waals surface area contributed by atoms with Gasteiger partial charge in [0.1, 0.15) is 5.75 Å². The third-order valence-electron chi connectivity index (χ3n) is 7.46. The molecule has 178 valence electrons. The lowest BCUT2D eigenvalue weighted by Crippen LogP contribution is -2.31. The van der Waals surface area contributed by atoms with Crippen molar-refractivity contribution in [1.29, 1.82) is 0 Å². The van der Waals surface area contributed by atoms with E-state index in [9.17, 15) is 4.79 Å². The molecule has 1 aliphatic rings. The van der Waals surface area contributed by atoms with Crippen molar-refractivity contribution in [2.75, 3.05) is 7.11 Å². The van der Waals surface area contributed by atoms with Gasteiger partial charge in [0.2, 0.25) is 0 Å². The smallest absolute Gasteiger partial charge is 0.255 e. The monoisotopic (exact) mass is 472 g/mol. The second-order valence-electron chi connectivity index (χ2n) is 9.36. The zero-order valence-corrected chi connectivity index (χ0v) is 20.7. The molecule has 4 aromatic carbocycles. The van der Waals surface area contributed by atoms with Gasteiger partial charge in [-0.25, -0.2) is 0 Å². The molecule has 1 aromatic heterocycles. The number of amides is 1. The summed E-state index contributed by atoms with van der Waals surface area (Å²) in [7, 11) is 3.80. The topological polar surface area (TPSA) is 34.5 Å². The van der Waals surface area contributed by atoms with Crippen molar-refractivity contribution in [2.24, 2.45) is 7.05 Å². The van der Waals surface area contributed by atoms with E-state index in [1.807, 2.05) is 48.5 Å². The van der Waals surface area contributed by atoms with Crippen LogP contribution < -0.4 is 4.74 Å². The molecule has 1 amide bonds. The molecule has 6 rings (SSSR count). The fourth-order valence-corrected chi connectivity index (χ4v) is 5.74. The van der Waals surface area contributed by atoms with Crippen molar-refractivity contribution in [1.82, 2.24) is 9.47 Å². The van der Waals surface area contributed by atoms with Gasteiger partial charge in [-0.1, -0.05) is 78.9 Å². The molecule has 4 heteroatoms. The van der Waals surface area contributed by atoms with Gasteiger partial charge in [0, 0.05) is 34.6 Å². The average Bonchev–Trinajstić information content (AvgIpc) is 3.39. The quantitative estimate of drug-likeness (QED) is 0.272. The van der Waals surface area contributed by atoms with Crippen LogP contribution in [0, 0.1) is 0 Å². The Labute approximate surface area is 211 Å². The van der Waals surface area contributed by atoms with Gasteiger partial charge < -0.3 is 14.2 Å². The SMILES string of the molecule is COc1cccc(-c2c([C@H]3c4ccccc4C(=O)N3[C@@H](C)c3ccccc3)c3ccccc3n2C)c1. The number of rotatable bonds is 5. The minimum absolute atomic E-state index is 0.0662. The van der Waals surface area contributed by atoms with Crippen molar-refractivity contribution in [3.8, 4) is 17.0 Å². The number of fused-ring (bicyclic) bond motifs is 2. The second kappa shape index (κ2) is 8.72. The van der Waals surface area contributed by atoms with Crippen LogP contribution >= 0.6 is 0 Å². The predicted octanol–water partition coefficient (Wildman–Crippen LogP) is 7.16. The molecular weight excluding hydrogens is 444 g/mol. The van der Waals surface area contributed by atoms with Crippen LogP contribution in [0.15, 0.2) is 103 Å². The molecule has 0 unspecified atom stereocenters. The number of carbonyl (C=O) groups is 1. The van der Waals surface area contributed by atoms with Crippen molar-refractivity contribution in [2.45, 2.75) is 19.0 Å². The van der Waals surface area contributed by atoms with Crippen molar-refractivity contribution in [3.63, 3.8) is 0 Å². The highest BCUT2D eigenvalue weighted by Crippen LogP contribution is 2.49. The summed E-state index contributed by atoms with van der Waals surface area (Å²) in [4.78, 5) is 16.0. The van der Waals surface area contributed by atoms with Crippen LogP contribution in [-0.4, -0.2) is 22.5 Å². The average molecular weight is 473 g/mol. The molecule has 2 atom stereocenters. The van der Waals surface area contributed by atoms with Gasteiger partial charge in [-0.3, -0.25) is 4.79 Å². The largest absolute Gasteiger partial charge is 0.497 e. The third-order valence-corrected chi connectivity index (χ3v) is 7.46. The predicted molar refractivity (Wildman–Crippen MR) is 144 cm³/mol. The maximum atomic E-state index is 14.0. The first-order valence-electron chi connectivity index (χ1n) is 12.3. The summed E-state index contributed by atoms with van der Waals surface area (Å²) in [5.74, 6) is 0.873. The van der Waals surface area contributed by atoms with E-state index < -0.39 is 0 Å². The van der Waals surface area contributed by atoms with Crippen LogP contribution in [-0.2, 0) is 7.05 Å². The molecule has 2 heterocycles. The summed E-state index contributed by atoms with van der Waals surface area (Å²) in [5, 5.41) is 1.15. The van der Waals surface area contributed by atoms with E-state index in [4.69, 9.17) is 4.74 Å². The highest BCUT2D eigenvalue weighted by molar-refractivity contribution is 6.02. The van der Waals surface area contributed by atoms with E-state index in [0.29, 0.717) is 0 Å². The molecular formula is C32H28N2O2. The standard InChI is InChI=1S/C32H28N2O2/c1-21(22-12-5-4-6-13-22)34-31(25-16-7-8-17-26(25)32(34)35)29-27-18-9-10-19-28(27)33(2)30(29)23-14-11-15-24(20-23)36-3/h4-21,31H,1-3H3/t21-,31+/m0/s1. The Hall–Kier alpha value is -4.31. The molecule has 5 aromatic rings. The Morgan fingerprint density at radius 1 is 0.833 bits per heavy atom. The van der Waals surface area contributed by atoms with Gasteiger partial charge >= 0.3 is 0 Å². The summed E-state index contributed by atoms with van der Waals surface area (Å²) in [6, 6.07) is 34.7. The number of carbonyl (C=O) groups excluding carboxylic acids is 1. The van der Waals surface area contributed by atoms with Crippen LogP contribution in [0.1, 0.15) is 46.1 Å². The van der Waals surface area contributed by atoms with E-state index in [0.717, 1.165) is 50.2 Å². The Morgan fingerprint density at radius 3 is 2.36 bits per heavy atom. The molecule has 0 spiro atoms. The summed E-state index contributed by atoms with van der Waals surface area (Å²) in [5.41, 5.74) is 7.37. The molecule has 0 saturated heterocycles. The van der Waals surface area contributed by atoms with Crippen LogP contribution in [0.4, 0.5) is 0 Å². The number of para-hydroxylation sites is 1. The normalized spacial score (nSPS) is 15.8.